The second-order valence-corrected chi connectivity index (χ2v) is 10.5. The number of rotatable bonds is 6. The molecule has 0 radical (unpaired) electrons. The van der Waals surface area contributed by atoms with Crippen molar-refractivity contribution >= 4 is 21.9 Å². The van der Waals surface area contributed by atoms with Crippen molar-refractivity contribution in [2.75, 3.05) is 27.8 Å². The van der Waals surface area contributed by atoms with E-state index in [9.17, 15) is 0 Å². The molecule has 7 heteroatoms. The molecule has 39 heavy (non-hydrogen) atoms. The average Bonchev–Trinajstić information content (AvgIpc) is 3.39. The van der Waals surface area contributed by atoms with E-state index in [2.05, 4.69) is 70.3 Å². The topological polar surface area (TPSA) is 76.2 Å². The summed E-state index contributed by atoms with van der Waals surface area (Å²) in [6, 6.07) is 18.9. The van der Waals surface area contributed by atoms with Crippen molar-refractivity contribution in [2.45, 2.75) is 26.3 Å². The zero-order valence-electron chi connectivity index (χ0n) is 22.9. The molecule has 3 aromatic carbocycles. The van der Waals surface area contributed by atoms with Gasteiger partial charge in [0.25, 0.3) is 0 Å². The summed E-state index contributed by atoms with van der Waals surface area (Å²) in [4.78, 5) is 19.5. The summed E-state index contributed by atoms with van der Waals surface area (Å²) in [5, 5.41) is 1.06. The lowest BCUT2D eigenvalue weighted by Gasteiger charge is -2.23. The maximum atomic E-state index is 6.24. The molecule has 0 bridgehead atoms. The predicted octanol–water partition coefficient (Wildman–Crippen LogP) is 5.98. The van der Waals surface area contributed by atoms with E-state index in [-0.39, 0.29) is 0 Å². The summed E-state index contributed by atoms with van der Waals surface area (Å²) < 4.78 is 11.7. The highest BCUT2D eigenvalue weighted by Crippen LogP contribution is 2.34. The predicted molar refractivity (Wildman–Crippen MR) is 155 cm³/mol. The van der Waals surface area contributed by atoms with E-state index >= 15 is 0 Å². The van der Waals surface area contributed by atoms with Crippen molar-refractivity contribution in [2.24, 2.45) is 5.92 Å². The lowest BCUT2D eigenvalue weighted by atomic mass is 9.87. The van der Waals surface area contributed by atoms with Gasteiger partial charge in [0, 0.05) is 17.9 Å². The van der Waals surface area contributed by atoms with Crippen LogP contribution in [0.2, 0.25) is 0 Å². The highest BCUT2D eigenvalue weighted by molar-refractivity contribution is 5.83. The van der Waals surface area contributed by atoms with Gasteiger partial charge in [-0.2, -0.15) is 0 Å². The number of benzene rings is 3. The van der Waals surface area contributed by atoms with Crippen molar-refractivity contribution < 1.29 is 9.47 Å². The Labute approximate surface area is 228 Å². The van der Waals surface area contributed by atoms with E-state index in [1.807, 2.05) is 26.2 Å². The fraction of sp³-hybridized carbons (Fsp3) is 0.281. The smallest absolute Gasteiger partial charge is 0.143 e. The number of aromatic amines is 1. The number of fused-ring (bicyclic) bond motifs is 3. The summed E-state index contributed by atoms with van der Waals surface area (Å²) in [6.07, 6.45) is 5.61. The van der Waals surface area contributed by atoms with Crippen LogP contribution in [0, 0.1) is 5.92 Å². The largest absolute Gasteiger partial charge is 0.497 e. The SMILES string of the molecule is COc1ccc2c(CC3=CCOc4ccc(-c5ccc6nc[nH]c6c5)cc4CC3C)nc(CN(C)C)nc2c1. The minimum Gasteiger partial charge on any atom is -0.497 e. The zero-order chi connectivity index (χ0) is 26.9. The Kier molecular flexibility index (Phi) is 6.75. The average molecular weight is 520 g/mol. The summed E-state index contributed by atoms with van der Waals surface area (Å²) >= 11 is 0. The van der Waals surface area contributed by atoms with Gasteiger partial charge in [-0.3, -0.25) is 0 Å². The number of ether oxygens (including phenoxy) is 2. The van der Waals surface area contributed by atoms with Crippen molar-refractivity contribution in [3.05, 3.63) is 89.7 Å². The Morgan fingerprint density at radius 2 is 1.85 bits per heavy atom. The minimum atomic E-state index is 0.332. The number of nitrogens with one attached hydrogen (secondary N) is 1. The molecular weight excluding hydrogens is 486 g/mol. The third-order valence-electron chi connectivity index (χ3n) is 7.42. The van der Waals surface area contributed by atoms with Crippen molar-refractivity contribution in [3.63, 3.8) is 0 Å². The zero-order valence-corrected chi connectivity index (χ0v) is 22.9. The number of nitrogens with zero attached hydrogens (tertiary/aromatic N) is 4. The van der Waals surface area contributed by atoms with Crippen LogP contribution < -0.4 is 9.47 Å². The third kappa shape index (κ3) is 5.22. The molecule has 1 N–H and O–H groups in total. The Morgan fingerprint density at radius 3 is 2.69 bits per heavy atom. The molecule has 0 aliphatic carbocycles. The van der Waals surface area contributed by atoms with Crippen LogP contribution in [0.15, 0.2) is 72.6 Å². The fourth-order valence-corrected chi connectivity index (χ4v) is 5.36. The molecule has 0 fully saturated rings. The maximum Gasteiger partial charge on any atom is 0.143 e. The van der Waals surface area contributed by atoms with Crippen LogP contribution in [-0.2, 0) is 19.4 Å². The number of methoxy groups -OCH3 is 1. The molecule has 1 aliphatic rings. The summed E-state index contributed by atoms with van der Waals surface area (Å²) in [6.45, 7) is 3.52. The first-order chi connectivity index (χ1) is 19.0. The van der Waals surface area contributed by atoms with Gasteiger partial charge in [0.05, 0.1) is 42.2 Å². The molecule has 0 amide bonds. The maximum absolute atomic E-state index is 6.24. The quantitative estimate of drug-likeness (QED) is 0.278. The first kappa shape index (κ1) is 25.1. The normalized spacial score (nSPS) is 15.5. The van der Waals surface area contributed by atoms with E-state index in [0.717, 1.165) is 63.4 Å². The van der Waals surface area contributed by atoms with Gasteiger partial charge < -0.3 is 19.4 Å². The van der Waals surface area contributed by atoms with Gasteiger partial charge in [0.1, 0.15) is 23.9 Å². The monoisotopic (exact) mass is 519 g/mol. The Balaban J connectivity index is 1.30. The van der Waals surface area contributed by atoms with Crippen LogP contribution in [0.25, 0.3) is 33.1 Å². The van der Waals surface area contributed by atoms with Crippen LogP contribution in [0.1, 0.15) is 24.0 Å². The highest BCUT2D eigenvalue weighted by atomic mass is 16.5. The second kappa shape index (κ2) is 10.5. The molecule has 198 valence electrons. The van der Waals surface area contributed by atoms with E-state index < -0.39 is 0 Å². The Bertz CT molecular complexity index is 1690. The second-order valence-electron chi connectivity index (χ2n) is 10.5. The van der Waals surface area contributed by atoms with Crippen LogP contribution in [0.4, 0.5) is 0 Å². The molecule has 0 saturated heterocycles. The van der Waals surface area contributed by atoms with E-state index in [4.69, 9.17) is 19.4 Å². The van der Waals surface area contributed by atoms with E-state index in [0.29, 0.717) is 19.1 Å². The molecule has 6 rings (SSSR count). The Morgan fingerprint density at radius 1 is 1.00 bits per heavy atom. The molecule has 5 aromatic rings. The first-order valence-electron chi connectivity index (χ1n) is 13.3. The Hall–Kier alpha value is -4.23. The van der Waals surface area contributed by atoms with E-state index in [1.165, 1.54) is 16.7 Å². The van der Waals surface area contributed by atoms with Crippen molar-refractivity contribution in [1.29, 1.82) is 0 Å². The van der Waals surface area contributed by atoms with Gasteiger partial charge in [-0.05, 0) is 85.6 Å². The van der Waals surface area contributed by atoms with Crippen molar-refractivity contribution in [1.82, 2.24) is 24.8 Å². The molecule has 0 spiro atoms. The van der Waals surface area contributed by atoms with Gasteiger partial charge in [-0.1, -0.05) is 24.6 Å². The lowest BCUT2D eigenvalue weighted by molar-refractivity contribution is 0.349. The molecule has 0 saturated carbocycles. The third-order valence-corrected chi connectivity index (χ3v) is 7.42. The summed E-state index contributed by atoms with van der Waals surface area (Å²) in [5.74, 6) is 2.90. The highest BCUT2D eigenvalue weighted by Gasteiger charge is 2.20. The van der Waals surface area contributed by atoms with Crippen LogP contribution in [0.5, 0.6) is 11.5 Å². The number of aromatic nitrogens is 4. The molecule has 1 atom stereocenters. The van der Waals surface area contributed by atoms with Crippen LogP contribution in [0.3, 0.4) is 0 Å². The summed E-state index contributed by atoms with van der Waals surface area (Å²) in [7, 11) is 5.76. The minimum absolute atomic E-state index is 0.332. The number of hydrogen-bond donors (Lipinski definition) is 1. The summed E-state index contributed by atoms with van der Waals surface area (Å²) in [5.41, 5.74) is 8.86. The lowest BCUT2D eigenvalue weighted by Crippen LogP contribution is -2.16. The standard InChI is InChI=1S/C32H33N5O2/c1-20-13-24-14-22(23-5-9-27-30(16-23)34-19-33-27)6-10-31(24)39-12-11-21(20)15-28-26-8-7-25(38-4)17-29(26)36-32(35-28)18-37(2)3/h5-11,14,16-17,19-20H,12-13,15,18H2,1-4H3,(H,33,34). The molecule has 2 aromatic heterocycles. The van der Waals surface area contributed by atoms with Gasteiger partial charge >= 0.3 is 0 Å². The van der Waals surface area contributed by atoms with E-state index in [1.54, 1.807) is 13.4 Å². The fourth-order valence-electron chi connectivity index (χ4n) is 5.36. The molecule has 1 unspecified atom stereocenters. The number of allylic oxidation sites excluding steroid dienone is 1. The van der Waals surface area contributed by atoms with Gasteiger partial charge in [0.15, 0.2) is 0 Å². The number of H-pyrrole nitrogens is 1. The molecular formula is C32H33N5O2. The van der Waals surface area contributed by atoms with Crippen molar-refractivity contribution in [3.8, 4) is 22.6 Å². The van der Waals surface area contributed by atoms with Crippen LogP contribution >= 0.6 is 0 Å². The van der Waals surface area contributed by atoms with Gasteiger partial charge in [-0.15, -0.1) is 0 Å². The molecule has 3 heterocycles. The number of imidazole rings is 1. The first-order valence-corrected chi connectivity index (χ1v) is 13.3. The van der Waals surface area contributed by atoms with Gasteiger partial charge in [-0.25, -0.2) is 15.0 Å². The van der Waals surface area contributed by atoms with Gasteiger partial charge in [0.2, 0.25) is 0 Å². The molecule has 1 aliphatic heterocycles. The molecule has 7 nitrogen and oxygen atoms in total. The number of hydrogen-bond acceptors (Lipinski definition) is 6. The van der Waals surface area contributed by atoms with Crippen LogP contribution in [-0.4, -0.2) is 52.6 Å².